The number of anilines is 2. The molecule has 0 aliphatic rings. The minimum absolute atomic E-state index is 0.355. The molecule has 2 amide bonds. The fourth-order valence-corrected chi connectivity index (χ4v) is 4.61. The molecule has 2 heterocycles. The van der Waals surface area contributed by atoms with E-state index in [0.29, 0.717) is 28.7 Å². The third kappa shape index (κ3) is 5.07. The van der Waals surface area contributed by atoms with Crippen LogP contribution in [0.4, 0.5) is 16.2 Å². The number of hydrogen-bond acceptors (Lipinski definition) is 7. The number of rotatable bonds is 8. The summed E-state index contributed by atoms with van der Waals surface area (Å²) in [5, 5.41) is 11.0. The van der Waals surface area contributed by atoms with Gasteiger partial charge < -0.3 is 20.1 Å². The lowest BCUT2D eigenvalue weighted by molar-refractivity contribution is 0.262. The highest BCUT2D eigenvalue weighted by molar-refractivity contribution is 7.99. The number of benzene rings is 2. The molecule has 9 nitrogen and oxygen atoms in total. The second-order valence-electron chi connectivity index (χ2n) is 7.48. The number of aryl methyl sites for hydroxylation is 1. The summed E-state index contributed by atoms with van der Waals surface area (Å²) < 4.78 is 12.3. The lowest BCUT2D eigenvalue weighted by Crippen LogP contribution is -2.19. The van der Waals surface area contributed by atoms with Crippen molar-refractivity contribution in [2.75, 3.05) is 24.9 Å². The van der Waals surface area contributed by atoms with Gasteiger partial charge in [-0.05, 0) is 49.7 Å². The lowest BCUT2D eigenvalue weighted by Gasteiger charge is -2.13. The summed E-state index contributed by atoms with van der Waals surface area (Å²) in [6.07, 6.45) is 3.44. The molecule has 0 aliphatic heterocycles. The average Bonchev–Trinajstić information content (AvgIpc) is 3.30. The van der Waals surface area contributed by atoms with Crippen LogP contribution in [-0.4, -0.2) is 39.8 Å². The Hall–Kier alpha value is -3.79. The number of aromatic nitrogens is 4. The van der Waals surface area contributed by atoms with Gasteiger partial charge in [0.05, 0.1) is 14.2 Å². The first kappa shape index (κ1) is 23.4. The molecular formula is C24H26N6O3S. The van der Waals surface area contributed by atoms with Gasteiger partial charge in [-0.25, -0.2) is 9.78 Å². The first-order valence-corrected chi connectivity index (χ1v) is 11.6. The summed E-state index contributed by atoms with van der Waals surface area (Å²) in [5.74, 6) is 1.72. The van der Waals surface area contributed by atoms with Crippen LogP contribution in [0.3, 0.4) is 0 Å². The van der Waals surface area contributed by atoms with Crippen LogP contribution < -0.4 is 20.1 Å². The molecule has 0 radical (unpaired) electrons. The van der Waals surface area contributed by atoms with Gasteiger partial charge in [0.1, 0.15) is 11.4 Å². The molecule has 0 atom stereocenters. The van der Waals surface area contributed by atoms with Gasteiger partial charge in [-0.2, -0.15) is 14.6 Å². The van der Waals surface area contributed by atoms with Crippen LogP contribution in [0, 0.1) is 6.92 Å². The monoisotopic (exact) mass is 478 g/mol. The molecule has 2 aromatic heterocycles. The highest BCUT2D eigenvalue weighted by Gasteiger charge is 2.15. The molecule has 0 saturated heterocycles. The molecule has 0 fully saturated rings. The predicted molar refractivity (Wildman–Crippen MR) is 132 cm³/mol. The maximum absolute atomic E-state index is 12.5. The van der Waals surface area contributed by atoms with E-state index < -0.39 is 0 Å². The fraction of sp³-hybridized carbons (Fsp3) is 0.250. The number of amides is 2. The largest absolute Gasteiger partial charge is 0.493 e. The Labute approximate surface area is 201 Å². The third-order valence-corrected chi connectivity index (χ3v) is 6.27. The number of nitrogens with one attached hydrogen (secondary N) is 2. The molecule has 0 unspecified atom stereocenters. The van der Waals surface area contributed by atoms with Crippen molar-refractivity contribution in [1.82, 2.24) is 19.6 Å². The van der Waals surface area contributed by atoms with E-state index in [0.717, 1.165) is 28.5 Å². The molecule has 0 bridgehead atoms. The van der Waals surface area contributed by atoms with E-state index >= 15 is 0 Å². The third-order valence-electron chi connectivity index (χ3n) is 5.15. The number of methoxy groups -OCH3 is 2. The molecule has 4 aromatic rings. The summed E-state index contributed by atoms with van der Waals surface area (Å²) >= 11 is 1.61. The molecule has 0 aliphatic carbocycles. The van der Waals surface area contributed by atoms with Crippen LogP contribution in [0.25, 0.3) is 5.78 Å². The summed E-state index contributed by atoms with van der Waals surface area (Å²) in [7, 11) is 3.11. The zero-order valence-corrected chi connectivity index (χ0v) is 20.3. The van der Waals surface area contributed by atoms with Crippen LogP contribution in [0.2, 0.25) is 0 Å². The van der Waals surface area contributed by atoms with Crippen molar-refractivity contribution in [3.63, 3.8) is 0 Å². The van der Waals surface area contributed by atoms with Gasteiger partial charge in [-0.3, -0.25) is 0 Å². The van der Waals surface area contributed by atoms with E-state index in [1.165, 1.54) is 11.9 Å². The normalized spacial score (nSPS) is 10.8. The second kappa shape index (κ2) is 10.4. The predicted octanol–water partition coefficient (Wildman–Crippen LogP) is 5.20. The number of carbonyl (C=O) groups excluding carboxylic acids is 1. The van der Waals surface area contributed by atoms with Crippen LogP contribution >= 0.6 is 11.8 Å². The van der Waals surface area contributed by atoms with Crippen LogP contribution in [-0.2, 0) is 6.42 Å². The Morgan fingerprint density at radius 2 is 1.74 bits per heavy atom. The molecule has 0 spiro atoms. The van der Waals surface area contributed by atoms with Crippen molar-refractivity contribution in [1.29, 1.82) is 0 Å². The van der Waals surface area contributed by atoms with E-state index in [1.54, 1.807) is 48.7 Å². The summed E-state index contributed by atoms with van der Waals surface area (Å²) in [4.78, 5) is 22.3. The number of urea groups is 1. The molecule has 176 valence electrons. The van der Waals surface area contributed by atoms with Crippen molar-refractivity contribution in [3.05, 3.63) is 60.0 Å². The van der Waals surface area contributed by atoms with E-state index in [9.17, 15) is 4.79 Å². The van der Waals surface area contributed by atoms with E-state index in [1.807, 2.05) is 31.2 Å². The van der Waals surface area contributed by atoms with E-state index in [4.69, 9.17) is 9.47 Å². The van der Waals surface area contributed by atoms with Gasteiger partial charge in [-0.15, -0.1) is 0 Å². The molecule has 10 heteroatoms. The number of hydrogen-bond donors (Lipinski definition) is 2. The molecular weight excluding hydrogens is 452 g/mol. The molecule has 2 aromatic carbocycles. The van der Waals surface area contributed by atoms with Crippen molar-refractivity contribution in [2.24, 2.45) is 0 Å². The number of ether oxygens (including phenoxy) is 2. The van der Waals surface area contributed by atoms with Gasteiger partial charge >= 0.3 is 6.03 Å². The second-order valence-corrected chi connectivity index (χ2v) is 8.54. The summed E-state index contributed by atoms with van der Waals surface area (Å²) in [6.45, 7) is 4.15. The van der Waals surface area contributed by atoms with Gasteiger partial charge in [0.25, 0.3) is 5.78 Å². The fourth-order valence-electron chi connectivity index (χ4n) is 3.52. The van der Waals surface area contributed by atoms with Crippen molar-refractivity contribution < 1.29 is 14.3 Å². The Kier molecular flexibility index (Phi) is 7.17. The van der Waals surface area contributed by atoms with Gasteiger partial charge in [-0.1, -0.05) is 25.1 Å². The summed E-state index contributed by atoms with van der Waals surface area (Å²) in [5.41, 5.74) is 3.40. The highest BCUT2D eigenvalue weighted by Crippen LogP contribution is 2.33. The molecule has 0 saturated carbocycles. The SMILES string of the molecule is CCCc1c(C)nc2ncnn2c1Sc1ccc(NC(=O)Nc2ccc(OC)c(OC)c2)cc1. The molecule has 2 N–H and O–H groups in total. The maximum Gasteiger partial charge on any atom is 0.323 e. The minimum Gasteiger partial charge on any atom is -0.493 e. The lowest BCUT2D eigenvalue weighted by atomic mass is 10.1. The maximum atomic E-state index is 12.5. The Morgan fingerprint density at radius 3 is 2.44 bits per heavy atom. The van der Waals surface area contributed by atoms with Gasteiger partial charge in [0, 0.05) is 33.6 Å². The van der Waals surface area contributed by atoms with Gasteiger partial charge in [0.2, 0.25) is 0 Å². The summed E-state index contributed by atoms with van der Waals surface area (Å²) in [6, 6.07) is 12.5. The Bertz CT molecular complexity index is 1310. The van der Waals surface area contributed by atoms with Crippen molar-refractivity contribution in [2.45, 2.75) is 36.6 Å². The number of fused-ring (bicyclic) bond motifs is 1. The first-order valence-electron chi connectivity index (χ1n) is 10.8. The quantitative estimate of drug-likeness (QED) is 0.336. The van der Waals surface area contributed by atoms with E-state index in [-0.39, 0.29) is 6.03 Å². The zero-order valence-electron chi connectivity index (χ0n) is 19.5. The topological polar surface area (TPSA) is 103 Å². The average molecular weight is 479 g/mol. The van der Waals surface area contributed by atoms with E-state index in [2.05, 4.69) is 32.6 Å². The number of nitrogens with zero attached hydrogens (tertiary/aromatic N) is 4. The molecule has 34 heavy (non-hydrogen) atoms. The highest BCUT2D eigenvalue weighted by atomic mass is 32.2. The number of carbonyl (C=O) groups is 1. The van der Waals surface area contributed by atoms with Crippen molar-refractivity contribution in [3.8, 4) is 11.5 Å². The smallest absolute Gasteiger partial charge is 0.323 e. The van der Waals surface area contributed by atoms with Crippen LogP contribution in [0.1, 0.15) is 24.6 Å². The van der Waals surface area contributed by atoms with Crippen molar-refractivity contribution >= 4 is 34.9 Å². The Morgan fingerprint density at radius 1 is 1.03 bits per heavy atom. The van der Waals surface area contributed by atoms with Crippen LogP contribution in [0.5, 0.6) is 11.5 Å². The Balaban J connectivity index is 1.47. The molecule has 4 rings (SSSR count). The van der Waals surface area contributed by atoms with Gasteiger partial charge in [0.15, 0.2) is 11.5 Å². The first-order chi connectivity index (χ1) is 16.5. The zero-order chi connectivity index (χ0) is 24.1. The standard InChI is InChI=1S/C24H26N6O3S/c1-5-6-19-15(2)27-23-25-14-26-30(23)22(19)34-18-10-7-16(8-11-18)28-24(31)29-17-9-12-20(32-3)21(13-17)33-4/h7-14H,5-6H2,1-4H3,(H2,28,29,31). The minimum atomic E-state index is -0.355. The van der Waals surface area contributed by atoms with Crippen LogP contribution in [0.15, 0.2) is 58.7 Å².